The van der Waals surface area contributed by atoms with Gasteiger partial charge in [0.15, 0.2) is 0 Å². The molecule has 0 aliphatic heterocycles. The molecule has 0 rings (SSSR count). The Morgan fingerprint density at radius 3 is 2.00 bits per heavy atom. The minimum absolute atomic E-state index is 0.130. The summed E-state index contributed by atoms with van der Waals surface area (Å²) in [4.78, 5) is 21.2. The van der Waals surface area contributed by atoms with Crippen LogP contribution in [0.25, 0.3) is 0 Å². The zero-order chi connectivity index (χ0) is 11.2. The third kappa shape index (κ3) is 3.20. The summed E-state index contributed by atoms with van der Waals surface area (Å²) < 4.78 is 0. The first-order valence-electron chi connectivity index (χ1n) is 4.61. The van der Waals surface area contributed by atoms with Gasteiger partial charge in [0, 0.05) is 0 Å². The van der Waals surface area contributed by atoms with E-state index in [2.05, 4.69) is 0 Å². The van der Waals surface area contributed by atoms with Crippen molar-refractivity contribution in [2.45, 2.75) is 33.1 Å². The molecular weight excluding hydrogens is 184 g/mol. The van der Waals surface area contributed by atoms with Gasteiger partial charge in [-0.15, -0.1) is 0 Å². The van der Waals surface area contributed by atoms with Crippen molar-refractivity contribution in [1.82, 2.24) is 0 Å². The predicted molar refractivity (Wildman–Crippen MR) is 52.0 cm³/mol. The molecule has 4 heteroatoms. The quantitative estimate of drug-likeness (QED) is 0.642. The van der Waals surface area contributed by atoms with Gasteiger partial charge in [-0.05, 0) is 12.8 Å². The molecule has 80 valence electrons. The number of carboxylic acids is 2. The molecule has 2 N–H and O–H groups in total. The third-order valence-corrected chi connectivity index (χ3v) is 2.42. The minimum atomic E-state index is -0.951. The molecule has 0 heterocycles. The second kappa shape index (κ2) is 5.42. The van der Waals surface area contributed by atoms with Gasteiger partial charge in [-0.3, -0.25) is 9.59 Å². The molecule has 0 atom stereocenters. The van der Waals surface area contributed by atoms with Crippen LogP contribution in [0.4, 0.5) is 0 Å². The second-order valence-electron chi connectivity index (χ2n) is 3.17. The molecule has 0 aromatic rings. The molecular formula is C10H16O4. The Hall–Kier alpha value is -1.32. The molecule has 0 radical (unpaired) electrons. The van der Waals surface area contributed by atoms with E-state index in [4.69, 9.17) is 10.2 Å². The van der Waals surface area contributed by atoms with Crippen LogP contribution >= 0.6 is 0 Å². The van der Waals surface area contributed by atoms with Crippen LogP contribution in [-0.4, -0.2) is 22.2 Å². The predicted octanol–water partition coefficient (Wildman–Crippen LogP) is 1.91. The number of rotatable bonds is 6. The molecule has 14 heavy (non-hydrogen) atoms. The summed E-state index contributed by atoms with van der Waals surface area (Å²) in [6.07, 6.45) is 3.70. The first kappa shape index (κ1) is 12.7. The number of carboxylic acid groups (broad SMARTS) is 2. The van der Waals surface area contributed by atoms with Gasteiger partial charge in [-0.1, -0.05) is 26.0 Å². The number of hydrogen-bond acceptors (Lipinski definition) is 2. The number of carbonyl (C=O) groups is 2. The highest BCUT2D eigenvalue weighted by Crippen LogP contribution is 2.28. The summed E-state index contributed by atoms with van der Waals surface area (Å²) in [5.74, 6) is -1.85. The smallest absolute Gasteiger partial charge is 0.313 e. The number of hydrogen-bond donors (Lipinski definition) is 2. The van der Waals surface area contributed by atoms with Gasteiger partial charge in [0.1, 0.15) is 0 Å². The van der Waals surface area contributed by atoms with Crippen molar-refractivity contribution in [3.8, 4) is 0 Å². The van der Waals surface area contributed by atoms with Crippen LogP contribution in [0.5, 0.6) is 0 Å². The summed E-state index contributed by atoms with van der Waals surface area (Å²) in [6.45, 7) is 3.56. The Balaban J connectivity index is 4.58. The summed E-state index contributed by atoms with van der Waals surface area (Å²) in [6, 6.07) is 0. The molecule has 0 saturated carbocycles. The summed E-state index contributed by atoms with van der Waals surface area (Å²) in [7, 11) is 0. The van der Waals surface area contributed by atoms with Crippen molar-refractivity contribution in [2.75, 3.05) is 0 Å². The van der Waals surface area contributed by atoms with Crippen LogP contribution in [0.15, 0.2) is 12.2 Å². The Morgan fingerprint density at radius 1 is 1.21 bits per heavy atom. The molecule has 4 nitrogen and oxygen atoms in total. The topological polar surface area (TPSA) is 74.6 Å². The van der Waals surface area contributed by atoms with Gasteiger partial charge in [-0.25, -0.2) is 0 Å². The van der Waals surface area contributed by atoms with Gasteiger partial charge in [0.05, 0.1) is 11.8 Å². The molecule has 0 aromatic heterocycles. The van der Waals surface area contributed by atoms with E-state index >= 15 is 0 Å². The van der Waals surface area contributed by atoms with Crippen molar-refractivity contribution in [2.24, 2.45) is 5.41 Å². The first-order chi connectivity index (χ1) is 6.48. The summed E-state index contributed by atoms with van der Waals surface area (Å²) in [5.41, 5.74) is -0.907. The monoisotopic (exact) mass is 200 g/mol. The van der Waals surface area contributed by atoms with E-state index in [0.717, 1.165) is 0 Å². The Kier molecular flexibility index (Phi) is 4.91. The molecule has 0 bridgehead atoms. The first-order valence-corrected chi connectivity index (χ1v) is 4.61. The highest BCUT2D eigenvalue weighted by Gasteiger charge is 2.31. The van der Waals surface area contributed by atoms with E-state index in [-0.39, 0.29) is 6.42 Å². The third-order valence-electron chi connectivity index (χ3n) is 2.42. The molecule has 0 amide bonds. The lowest BCUT2D eigenvalue weighted by atomic mass is 9.82. The fourth-order valence-electron chi connectivity index (χ4n) is 1.24. The van der Waals surface area contributed by atoms with Crippen molar-refractivity contribution in [3.63, 3.8) is 0 Å². The lowest BCUT2D eigenvalue weighted by Crippen LogP contribution is -2.27. The Bertz CT molecular complexity index is 239. The van der Waals surface area contributed by atoms with E-state index in [0.29, 0.717) is 12.8 Å². The maximum absolute atomic E-state index is 11.0. The fraction of sp³-hybridized carbons (Fsp3) is 0.600. The SMILES string of the molecule is CCC(C=CCC(=O)O)(CC)C(=O)O. The molecule has 0 saturated heterocycles. The molecule has 0 aromatic carbocycles. The van der Waals surface area contributed by atoms with E-state index in [1.165, 1.54) is 12.2 Å². The highest BCUT2D eigenvalue weighted by atomic mass is 16.4. The summed E-state index contributed by atoms with van der Waals surface area (Å²) in [5, 5.41) is 17.4. The second-order valence-corrected chi connectivity index (χ2v) is 3.17. The van der Waals surface area contributed by atoms with E-state index in [9.17, 15) is 9.59 Å². The van der Waals surface area contributed by atoms with E-state index < -0.39 is 17.4 Å². The zero-order valence-electron chi connectivity index (χ0n) is 8.49. The highest BCUT2D eigenvalue weighted by molar-refractivity contribution is 5.77. The van der Waals surface area contributed by atoms with E-state index in [1.807, 2.05) is 0 Å². The molecule has 0 unspecified atom stereocenters. The average Bonchev–Trinajstić information content (AvgIpc) is 2.12. The standard InChI is InChI=1S/C10H16O4/c1-3-10(4-2,9(13)14)7-5-6-8(11)12/h5,7H,3-4,6H2,1-2H3,(H,11,12)(H,13,14). The normalized spacial score (nSPS) is 11.9. The van der Waals surface area contributed by atoms with Crippen molar-refractivity contribution in [3.05, 3.63) is 12.2 Å². The van der Waals surface area contributed by atoms with Crippen LogP contribution in [0, 0.1) is 5.41 Å². The van der Waals surface area contributed by atoms with Gasteiger partial charge < -0.3 is 10.2 Å². The van der Waals surface area contributed by atoms with Crippen molar-refractivity contribution >= 4 is 11.9 Å². The maximum Gasteiger partial charge on any atom is 0.313 e. The molecule has 0 aliphatic carbocycles. The van der Waals surface area contributed by atoms with Crippen LogP contribution in [0.3, 0.4) is 0 Å². The lowest BCUT2D eigenvalue weighted by molar-refractivity contribution is -0.146. The van der Waals surface area contributed by atoms with Gasteiger partial charge in [0.25, 0.3) is 0 Å². The zero-order valence-corrected chi connectivity index (χ0v) is 8.49. The summed E-state index contributed by atoms with van der Waals surface area (Å²) >= 11 is 0. The Labute approximate surface area is 83.2 Å². The molecule has 0 fully saturated rings. The lowest BCUT2D eigenvalue weighted by Gasteiger charge is -2.22. The van der Waals surface area contributed by atoms with Gasteiger partial charge in [-0.2, -0.15) is 0 Å². The van der Waals surface area contributed by atoms with Gasteiger partial charge >= 0.3 is 11.9 Å². The van der Waals surface area contributed by atoms with Crippen LogP contribution in [-0.2, 0) is 9.59 Å². The minimum Gasteiger partial charge on any atom is -0.481 e. The van der Waals surface area contributed by atoms with Crippen LogP contribution in [0.2, 0.25) is 0 Å². The largest absolute Gasteiger partial charge is 0.481 e. The number of aliphatic carboxylic acids is 2. The maximum atomic E-state index is 11.0. The van der Waals surface area contributed by atoms with Crippen LogP contribution in [0.1, 0.15) is 33.1 Å². The van der Waals surface area contributed by atoms with Crippen molar-refractivity contribution in [1.29, 1.82) is 0 Å². The fourth-order valence-corrected chi connectivity index (χ4v) is 1.24. The molecule has 0 spiro atoms. The van der Waals surface area contributed by atoms with Gasteiger partial charge in [0.2, 0.25) is 0 Å². The van der Waals surface area contributed by atoms with Crippen LogP contribution < -0.4 is 0 Å². The Morgan fingerprint density at radius 2 is 1.71 bits per heavy atom. The molecule has 0 aliphatic rings. The van der Waals surface area contributed by atoms with E-state index in [1.54, 1.807) is 13.8 Å². The average molecular weight is 200 g/mol. The van der Waals surface area contributed by atoms with Crippen molar-refractivity contribution < 1.29 is 19.8 Å².